The Labute approximate surface area is 113 Å². The number of piperidine rings is 1. The van der Waals surface area contributed by atoms with Crippen LogP contribution in [0, 0.1) is 10.1 Å². The molecule has 1 aromatic rings. The molecule has 0 spiro atoms. The van der Waals surface area contributed by atoms with E-state index in [1.807, 2.05) is 0 Å². The number of nitro groups is 1. The number of amides is 1. The van der Waals surface area contributed by atoms with Crippen molar-refractivity contribution in [2.24, 2.45) is 0 Å². The topological polar surface area (TPSA) is 63.4 Å². The summed E-state index contributed by atoms with van der Waals surface area (Å²) in [5.41, 5.74) is 0. The zero-order valence-corrected chi connectivity index (χ0v) is 11.2. The molecule has 2 heterocycles. The number of rotatable bonds is 3. The molecular weight excluding hydrogens is 276 g/mol. The highest BCUT2D eigenvalue weighted by Crippen LogP contribution is 2.27. The summed E-state index contributed by atoms with van der Waals surface area (Å²) >= 11 is 6.79. The van der Waals surface area contributed by atoms with E-state index in [1.165, 1.54) is 12.1 Å². The van der Waals surface area contributed by atoms with Crippen molar-refractivity contribution >= 4 is 33.8 Å². The van der Waals surface area contributed by atoms with Crippen LogP contribution in [0.4, 0.5) is 5.00 Å². The Kier molecular flexibility index (Phi) is 4.19. The molecule has 0 aliphatic carbocycles. The van der Waals surface area contributed by atoms with Gasteiger partial charge < -0.3 is 4.90 Å². The molecule has 1 aliphatic heterocycles. The minimum atomic E-state index is -0.476. The minimum Gasteiger partial charge on any atom is -0.334 e. The van der Waals surface area contributed by atoms with Crippen LogP contribution in [-0.4, -0.2) is 34.2 Å². The molecule has 1 aliphatic rings. The summed E-state index contributed by atoms with van der Waals surface area (Å²) in [4.78, 5) is 24.5. The summed E-state index contributed by atoms with van der Waals surface area (Å²) in [5, 5.41) is 10.6. The highest BCUT2D eigenvalue weighted by molar-refractivity contribution is 7.17. The van der Waals surface area contributed by atoms with Gasteiger partial charge in [-0.1, -0.05) is 11.3 Å². The predicted octanol–water partition coefficient (Wildman–Crippen LogP) is 2.89. The summed E-state index contributed by atoms with van der Waals surface area (Å²) < 4.78 is 0. The summed E-state index contributed by atoms with van der Waals surface area (Å²) in [6.45, 7) is 0.682. The van der Waals surface area contributed by atoms with Crippen molar-refractivity contribution in [2.45, 2.75) is 25.3 Å². The minimum absolute atomic E-state index is 0.00205. The fraction of sp³-hybridized carbons (Fsp3) is 0.545. The van der Waals surface area contributed by atoms with Gasteiger partial charge in [-0.05, 0) is 25.3 Å². The average molecular weight is 289 g/mol. The van der Waals surface area contributed by atoms with E-state index >= 15 is 0 Å². The molecular formula is C11H13ClN2O3S. The number of hydrogen-bond donors (Lipinski definition) is 0. The molecule has 18 heavy (non-hydrogen) atoms. The van der Waals surface area contributed by atoms with Gasteiger partial charge in [-0.15, -0.1) is 11.6 Å². The van der Waals surface area contributed by atoms with Crippen LogP contribution >= 0.6 is 22.9 Å². The van der Waals surface area contributed by atoms with E-state index < -0.39 is 4.92 Å². The molecule has 0 radical (unpaired) electrons. The molecule has 0 aromatic carbocycles. The van der Waals surface area contributed by atoms with Crippen LogP contribution in [-0.2, 0) is 0 Å². The summed E-state index contributed by atoms with van der Waals surface area (Å²) in [6.07, 6.45) is 2.95. The molecule has 98 valence electrons. The first-order chi connectivity index (χ1) is 8.63. The van der Waals surface area contributed by atoms with Crippen LogP contribution in [0.2, 0.25) is 0 Å². The van der Waals surface area contributed by atoms with E-state index in [0.29, 0.717) is 17.3 Å². The van der Waals surface area contributed by atoms with Crippen LogP contribution in [0.3, 0.4) is 0 Å². The molecule has 1 atom stereocenters. The summed E-state index contributed by atoms with van der Waals surface area (Å²) in [5.74, 6) is 0.276. The molecule has 1 amide bonds. The smallest absolute Gasteiger partial charge is 0.324 e. The molecule has 0 saturated carbocycles. The molecule has 5 nitrogen and oxygen atoms in total. The molecule has 1 aromatic heterocycles. The highest BCUT2D eigenvalue weighted by Gasteiger charge is 2.28. The molecule has 1 unspecified atom stereocenters. The SMILES string of the molecule is O=C(c1ccc([N+](=O)[O-])s1)N1CCCCC1CCl. The van der Waals surface area contributed by atoms with E-state index in [0.717, 1.165) is 30.6 Å². The van der Waals surface area contributed by atoms with Crippen molar-refractivity contribution < 1.29 is 9.72 Å². The number of alkyl halides is 1. The maximum atomic E-state index is 12.3. The summed E-state index contributed by atoms with van der Waals surface area (Å²) in [7, 11) is 0. The zero-order valence-electron chi connectivity index (χ0n) is 9.67. The van der Waals surface area contributed by atoms with Crippen molar-refractivity contribution in [2.75, 3.05) is 12.4 Å². The monoisotopic (exact) mass is 288 g/mol. The highest BCUT2D eigenvalue weighted by atomic mass is 35.5. The van der Waals surface area contributed by atoms with Crippen LogP contribution in [0.25, 0.3) is 0 Å². The summed E-state index contributed by atoms with van der Waals surface area (Å²) in [6, 6.07) is 2.94. The molecule has 7 heteroatoms. The van der Waals surface area contributed by atoms with Gasteiger partial charge in [0.25, 0.3) is 5.91 Å². The number of carbonyl (C=O) groups is 1. The number of carbonyl (C=O) groups excluding carboxylic acids is 1. The van der Waals surface area contributed by atoms with E-state index in [2.05, 4.69) is 0 Å². The lowest BCUT2D eigenvalue weighted by Gasteiger charge is -2.34. The van der Waals surface area contributed by atoms with Crippen molar-refractivity contribution in [3.8, 4) is 0 Å². The fourth-order valence-electron chi connectivity index (χ4n) is 2.11. The van der Waals surface area contributed by atoms with Crippen LogP contribution in [0.15, 0.2) is 12.1 Å². The second kappa shape index (κ2) is 5.67. The third kappa shape index (κ3) is 2.64. The predicted molar refractivity (Wildman–Crippen MR) is 70.4 cm³/mol. The first kappa shape index (κ1) is 13.3. The number of hydrogen-bond acceptors (Lipinski definition) is 4. The molecule has 2 rings (SSSR count). The van der Waals surface area contributed by atoms with Crippen LogP contribution < -0.4 is 0 Å². The van der Waals surface area contributed by atoms with Crippen molar-refractivity contribution in [3.63, 3.8) is 0 Å². The lowest BCUT2D eigenvalue weighted by Crippen LogP contribution is -2.44. The maximum Gasteiger partial charge on any atom is 0.324 e. The fourth-order valence-corrected chi connectivity index (χ4v) is 3.21. The van der Waals surface area contributed by atoms with Gasteiger partial charge in [0.1, 0.15) is 0 Å². The quantitative estimate of drug-likeness (QED) is 0.488. The number of thiophene rings is 1. The lowest BCUT2D eigenvalue weighted by atomic mass is 10.0. The molecule has 0 N–H and O–H groups in total. The average Bonchev–Trinajstić information content (AvgIpc) is 2.87. The molecule has 1 saturated heterocycles. The standard InChI is InChI=1S/C11H13ClN2O3S/c12-7-8-3-1-2-6-13(8)11(15)9-4-5-10(18-9)14(16)17/h4-5,8H,1-3,6-7H2. The van der Waals surface area contributed by atoms with Gasteiger partial charge in [0.15, 0.2) is 0 Å². The van der Waals surface area contributed by atoms with Gasteiger partial charge in [-0.2, -0.15) is 0 Å². The van der Waals surface area contributed by atoms with Crippen molar-refractivity contribution in [1.29, 1.82) is 0 Å². The Morgan fingerprint density at radius 2 is 2.33 bits per heavy atom. The Balaban J connectivity index is 2.15. The van der Waals surface area contributed by atoms with Crippen LogP contribution in [0.5, 0.6) is 0 Å². The van der Waals surface area contributed by atoms with E-state index in [4.69, 9.17) is 11.6 Å². The third-order valence-corrected chi connectivity index (χ3v) is 4.43. The second-order valence-electron chi connectivity index (χ2n) is 4.20. The van der Waals surface area contributed by atoms with Gasteiger partial charge in [-0.3, -0.25) is 14.9 Å². The number of likely N-dealkylation sites (tertiary alicyclic amines) is 1. The van der Waals surface area contributed by atoms with Gasteiger partial charge in [-0.25, -0.2) is 0 Å². The van der Waals surface area contributed by atoms with E-state index in [1.54, 1.807) is 4.90 Å². The Bertz CT molecular complexity index is 463. The zero-order chi connectivity index (χ0) is 13.1. The Morgan fingerprint density at radius 1 is 1.56 bits per heavy atom. The van der Waals surface area contributed by atoms with E-state index in [9.17, 15) is 14.9 Å². The van der Waals surface area contributed by atoms with Gasteiger partial charge in [0.05, 0.1) is 9.80 Å². The van der Waals surface area contributed by atoms with Gasteiger partial charge >= 0.3 is 5.00 Å². The Morgan fingerprint density at radius 3 is 2.94 bits per heavy atom. The number of halogens is 1. The Hall–Kier alpha value is -1.14. The first-order valence-electron chi connectivity index (χ1n) is 5.74. The third-order valence-electron chi connectivity index (χ3n) is 3.05. The van der Waals surface area contributed by atoms with Gasteiger partial charge in [0.2, 0.25) is 0 Å². The van der Waals surface area contributed by atoms with Crippen molar-refractivity contribution in [3.05, 3.63) is 27.1 Å². The lowest BCUT2D eigenvalue weighted by molar-refractivity contribution is -0.380. The number of nitrogens with zero attached hydrogens (tertiary/aromatic N) is 2. The molecule has 1 fully saturated rings. The van der Waals surface area contributed by atoms with Gasteiger partial charge in [0, 0.05) is 24.5 Å². The normalized spacial score (nSPS) is 19.8. The van der Waals surface area contributed by atoms with Crippen molar-refractivity contribution in [1.82, 2.24) is 4.90 Å². The van der Waals surface area contributed by atoms with Crippen LogP contribution in [0.1, 0.15) is 28.9 Å². The first-order valence-corrected chi connectivity index (χ1v) is 7.09. The largest absolute Gasteiger partial charge is 0.334 e. The van der Waals surface area contributed by atoms with E-state index in [-0.39, 0.29) is 17.0 Å². The maximum absolute atomic E-state index is 12.3. The second-order valence-corrected chi connectivity index (χ2v) is 5.57. The molecule has 0 bridgehead atoms.